The van der Waals surface area contributed by atoms with Gasteiger partial charge in [-0.1, -0.05) is 36.6 Å². The zero-order valence-electron chi connectivity index (χ0n) is 5.67. The quantitative estimate of drug-likeness (QED) is 0.470. The van der Waals surface area contributed by atoms with Crippen molar-refractivity contribution in [2.45, 2.75) is 0 Å². The number of benzene rings is 1. The van der Waals surface area contributed by atoms with E-state index in [2.05, 4.69) is 18.4 Å². The van der Waals surface area contributed by atoms with E-state index < -0.39 is 0 Å². The molecule has 0 aromatic heterocycles. The van der Waals surface area contributed by atoms with E-state index in [1.807, 2.05) is 30.3 Å². The topological polar surface area (TPSA) is 0 Å². The molecule has 0 fully saturated rings. The van der Waals surface area contributed by atoms with Crippen molar-refractivity contribution in [2.75, 3.05) is 0 Å². The minimum absolute atomic E-state index is 1.03. The first kappa shape index (κ1) is 6.64. The summed E-state index contributed by atoms with van der Waals surface area (Å²) in [5.41, 5.74) is 1.03. The van der Waals surface area contributed by atoms with Crippen molar-refractivity contribution in [1.82, 2.24) is 0 Å². The van der Waals surface area contributed by atoms with Crippen molar-refractivity contribution in [2.24, 2.45) is 0 Å². The van der Waals surface area contributed by atoms with Crippen LogP contribution in [0.15, 0.2) is 43.0 Å². The van der Waals surface area contributed by atoms with Crippen molar-refractivity contribution >= 4 is 0 Å². The highest BCUT2D eigenvalue weighted by molar-refractivity contribution is 5.35. The van der Waals surface area contributed by atoms with Crippen molar-refractivity contribution in [1.29, 1.82) is 0 Å². The zero-order chi connectivity index (χ0) is 7.23. The molecule has 0 bridgehead atoms. The lowest BCUT2D eigenvalue weighted by molar-refractivity contribution is 1.65. The van der Waals surface area contributed by atoms with E-state index in [1.165, 1.54) is 0 Å². The largest absolute Gasteiger partial charge is 0.0906 e. The molecule has 0 atom stereocenters. The molecule has 1 rings (SSSR count). The van der Waals surface area contributed by atoms with Crippen LogP contribution in [0.4, 0.5) is 0 Å². The van der Waals surface area contributed by atoms with Crippen LogP contribution >= 0.6 is 0 Å². The summed E-state index contributed by atoms with van der Waals surface area (Å²) in [7, 11) is 0. The second-order valence-corrected chi connectivity index (χ2v) is 1.84. The predicted molar refractivity (Wildman–Crippen MR) is 43.5 cm³/mol. The van der Waals surface area contributed by atoms with Crippen molar-refractivity contribution in [3.63, 3.8) is 0 Å². The number of hydrogen-bond acceptors (Lipinski definition) is 0. The van der Waals surface area contributed by atoms with Gasteiger partial charge in [-0.25, -0.2) is 0 Å². The van der Waals surface area contributed by atoms with Crippen LogP contribution in [-0.4, -0.2) is 0 Å². The fourth-order valence-electron chi connectivity index (χ4n) is 0.656. The predicted octanol–water partition coefficient (Wildman–Crippen LogP) is 2.22. The molecule has 0 aliphatic heterocycles. The SMILES string of the molecule is C=CC#Cc1ccccc1. The molecule has 0 heterocycles. The zero-order valence-corrected chi connectivity index (χ0v) is 5.67. The molecule has 0 N–H and O–H groups in total. The number of rotatable bonds is 0. The summed E-state index contributed by atoms with van der Waals surface area (Å²) in [5.74, 6) is 5.70. The van der Waals surface area contributed by atoms with Crippen LogP contribution in [0.1, 0.15) is 5.56 Å². The number of allylic oxidation sites excluding steroid dienone is 1. The van der Waals surface area contributed by atoms with Gasteiger partial charge in [0.2, 0.25) is 0 Å². The van der Waals surface area contributed by atoms with Crippen LogP contribution in [0.25, 0.3) is 0 Å². The standard InChI is InChI=1S/C10H8/c1-2-3-7-10-8-5-4-6-9-10/h2,4-6,8-9H,1H2. The minimum Gasteiger partial charge on any atom is -0.0906 e. The monoisotopic (exact) mass is 128 g/mol. The lowest BCUT2D eigenvalue weighted by Crippen LogP contribution is -1.68. The highest BCUT2D eigenvalue weighted by atomic mass is 13.8. The molecule has 0 unspecified atom stereocenters. The van der Waals surface area contributed by atoms with E-state index in [0.717, 1.165) is 5.56 Å². The van der Waals surface area contributed by atoms with Gasteiger partial charge in [0.1, 0.15) is 0 Å². The molecule has 10 heavy (non-hydrogen) atoms. The molecule has 0 saturated heterocycles. The molecule has 1 aromatic rings. The van der Waals surface area contributed by atoms with E-state index in [1.54, 1.807) is 6.08 Å². The van der Waals surface area contributed by atoms with E-state index in [9.17, 15) is 0 Å². The molecule has 1 aromatic carbocycles. The summed E-state index contributed by atoms with van der Waals surface area (Å²) in [5, 5.41) is 0. The van der Waals surface area contributed by atoms with E-state index in [-0.39, 0.29) is 0 Å². The molecule has 0 spiro atoms. The van der Waals surface area contributed by atoms with Crippen LogP contribution < -0.4 is 0 Å². The Bertz CT molecular complexity index is 259. The third-order valence-electron chi connectivity index (χ3n) is 1.09. The molecule has 0 aliphatic rings. The summed E-state index contributed by atoms with van der Waals surface area (Å²) >= 11 is 0. The van der Waals surface area contributed by atoms with E-state index in [4.69, 9.17) is 0 Å². The van der Waals surface area contributed by atoms with Crippen LogP contribution in [0.2, 0.25) is 0 Å². The maximum absolute atomic E-state index is 3.50. The van der Waals surface area contributed by atoms with Gasteiger partial charge in [0.25, 0.3) is 0 Å². The molecule has 48 valence electrons. The third-order valence-corrected chi connectivity index (χ3v) is 1.09. The van der Waals surface area contributed by atoms with Gasteiger partial charge in [-0.2, -0.15) is 0 Å². The lowest BCUT2D eigenvalue weighted by Gasteiger charge is -1.83. The highest BCUT2D eigenvalue weighted by Gasteiger charge is 1.77. The third kappa shape index (κ3) is 1.80. The first-order chi connectivity index (χ1) is 4.93. The average Bonchev–Trinajstić information content (AvgIpc) is 2.03. The minimum atomic E-state index is 1.03. The summed E-state index contributed by atoms with van der Waals surface area (Å²) in [4.78, 5) is 0. The molecule has 0 nitrogen and oxygen atoms in total. The molecule has 0 heteroatoms. The van der Waals surface area contributed by atoms with Crippen LogP contribution in [0, 0.1) is 11.8 Å². The van der Waals surface area contributed by atoms with E-state index in [0.29, 0.717) is 0 Å². The molecular weight excluding hydrogens is 120 g/mol. The summed E-state index contributed by atoms with van der Waals surface area (Å²) < 4.78 is 0. The summed E-state index contributed by atoms with van der Waals surface area (Å²) in [6, 6.07) is 9.84. The molecular formula is C10H8. The average molecular weight is 128 g/mol. The van der Waals surface area contributed by atoms with Gasteiger partial charge in [-0.3, -0.25) is 0 Å². The summed E-state index contributed by atoms with van der Waals surface area (Å²) in [6.45, 7) is 3.50. The van der Waals surface area contributed by atoms with Gasteiger partial charge in [0, 0.05) is 5.56 Å². The summed E-state index contributed by atoms with van der Waals surface area (Å²) in [6.07, 6.45) is 1.59. The van der Waals surface area contributed by atoms with Crippen molar-refractivity contribution in [3.8, 4) is 11.8 Å². The molecule has 0 radical (unpaired) electrons. The first-order valence-electron chi connectivity index (χ1n) is 3.11. The van der Waals surface area contributed by atoms with Gasteiger partial charge in [0.05, 0.1) is 0 Å². The molecule has 0 amide bonds. The fourth-order valence-corrected chi connectivity index (χ4v) is 0.656. The van der Waals surface area contributed by atoms with Gasteiger partial charge in [-0.15, -0.1) is 0 Å². The highest BCUT2D eigenvalue weighted by Crippen LogP contribution is 1.93. The maximum Gasteiger partial charge on any atom is 0.0248 e. The fraction of sp³-hybridized carbons (Fsp3) is 0. The van der Waals surface area contributed by atoms with Crippen LogP contribution in [-0.2, 0) is 0 Å². The lowest BCUT2D eigenvalue weighted by atomic mass is 10.2. The van der Waals surface area contributed by atoms with E-state index >= 15 is 0 Å². The Morgan fingerprint density at radius 3 is 2.50 bits per heavy atom. The Morgan fingerprint density at radius 1 is 1.20 bits per heavy atom. The van der Waals surface area contributed by atoms with Crippen molar-refractivity contribution in [3.05, 3.63) is 48.6 Å². The second kappa shape index (κ2) is 3.53. The first-order valence-corrected chi connectivity index (χ1v) is 3.11. The van der Waals surface area contributed by atoms with Gasteiger partial charge >= 0.3 is 0 Å². The van der Waals surface area contributed by atoms with Crippen LogP contribution in [0.5, 0.6) is 0 Å². The molecule has 0 aliphatic carbocycles. The smallest absolute Gasteiger partial charge is 0.0248 e. The van der Waals surface area contributed by atoms with Gasteiger partial charge in [-0.05, 0) is 18.2 Å². The van der Waals surface area contributed by atoms with Gasteiger partial charge in [0.15, 0.2) is 0 Å². The normalized spacial score (nSPS) is 7.60. The maximum atomic E-state index is 3.50. The Balaban J connectivity index is 2.86. The van der Waals surface area contributed by atoms with Crippen LogP contribution in [0.3, 0.4) is 0 Å². The Labute approximate surface area is 61.2 Å². The Kier molecular flexibility index (Phi) is 2.34. The number of hydrogen-bond donors (Lipinski definition) is 0. The van der Waals surface area contributed by atoms with Crippen molar-refractivity contribution < 1.29 is 0 Å². The van der Waals surface area contributed by atoms with Gasteiger partial charge < -0.3 is 0 Å². The Morgan fingerprint density at radius 2 is 1.90 bits per heavy atom. The molecule has 0 saturated carbocycles. The Hall–Kier alpha value is -1.48. The second-order valence-electron chi connectivity index (χ2n) is 1.84.